The predicted molar refractivity (Wildman–Crippen MR) is 39.3 cm³/mol. The first kappa shape index (κ1) is 7.32. The molecule has 54 valence electrons. The highest BCUT2D eigenvalue weighted by Crippen LogP contribution is 2.05. The molecule has 1 saturated heterocycles. The van der Waals surface area contributed by atoms with Gasteiger partial charge in [0.05, 0.1) is 6.00 Å². The first-order chi connectivity index (χ1) is 4.43. The van der Waals surface area contributed by atoms with Crippen LogP contribution in [0, 0.1) is 0 Å². The Morgan fingerprint density at radius 2 is 1.89 bits per heavy atom. The first-order valence-electron chi connectivity index (χ1n) is 3.48. The van der Waals surface area contributed by atoms with E-state index >= 15 is 0 Å². The molecule has 0 aromatic carbocycles. The quantitative estimate of drug-likeness (QED) is 0.467. The smallest absolute Gasteiger partial charge is 0.0846 e. The summed E-state index contributed by atoms with van der Waals surface area (Å²) in [6, 6.07) is 0.542. The molecule has 0 bridgehead atoms. The van der Waals surface area contributed by atoms with Crippen LogP contribution in [0.4, 0.5) is 0 Å². The Morgan fingerprint density at radius 3 is 2.44 bits per heavy atom. The van der Waals surface area contributed by atoms with E-state index in [1.54, 1.807) is 0 Å². The van der Waals surface area contributed by atoms with Crippen molar-refractivity contribution in [3.05, 3.63) is 0 Å². The van der Waals surface area contributed by atoms with E-state index in [0.29, 0.717) is 6.00 Å². The van der Waals surface area contributed by atoms with Gasteiger partial charge >= 0.3 is 0 Å². The number of rotatable bonds is 2. The molecule has 2 nitrogen and oxygen atoms in total. The van der Waals surface area contributed by atoms with Crippen LogP contribution in [0.2, 0.25) is 0 Å². The van der Waals surface area contributed by atoms with Crippen LogP contribution in [0.15, 0.2) is 0 Å². The number of nitrogens with zero attached hydrogens (tertiary/aromatic N) is 1. The lowest BCUT2D eigenvalue weighted by atomic mass is 10.2. The van der Waals surface area contributed by atoms with E-state index in [0.717, 1.165) is 13.1 Å². The molecule has 0 spiro atoms. The number of hydrogen-bond acceptors (Lipinski definition) is 2. The number of alkyl halides is 1. The first-order valence-corrected chi connectivity index (χ1v) is 4.01. The molecule has 1 N–H and O–H groups in total. The van der Waals surface area contributed by atoms with Gasteiger partial charge in [-0.05, 0) is 12.8 Å². The van der Waals surface area contributed by atoms with Crippen molar-refractivity contribution in [2.75, 3.05) is 19.1 Å². The van der Waals surface area contributed by atoms with Crippen molar-refractivity contribution in [1.82, 2.24) is 10.4 Å². The zero-order valence-electron chi connectivity index (χ0n) is 5.57. The highest BCUT2D eigenvalue weighted by atomic mass is 35.5. The lowest BCUT2D eigenvalue weighted by molar-refractivity contribution is 0.167. The minimum atomic E-state index is 0.542. The Labute approximate surface area is 61.1 Å². The molecule has 1 rings (SSSR count). The number of hydrogen-bond donors (Lipinski definition) is 1. The van der Waals surface area contributed by atoms with E-state index in [9.17, 15) is 0 Å². The molecule has 0 aliphatic carbocycles. The highest BCUT2D eigenvalue weighted by molar-refractivity contribution is 6.17. The van der Waals surface area contributed by atoms with Crippen LogP contribution in [0.25, 0.3) is 0 Å². The minimum Gasteiger partial charge on any atom is -0.243 e. The molecule has 0 amide bonds. The van der Waals surface area contributed by atoms with Crippen molar-refractivity contribution in [1.29, 1.82) is 0 Å². The Kier molecular flexibility index (Phi) is 3.33. The van der Waals surface area contributed by atoms with Gasteiger partial charge in [0.2, 0.25) is 0 Å². The lowest BCUT2D eigenvalue weighted by Gasteiger charge is -2.25. The molecule has 0 aromatic rings. The zero-order valence-corrected chi connectivity index (χ0v) is 6.32. The van der Waals surface area contributed by atoms with E-state index < -0.39 is 0 Å². The van der Waals surface area contributed by atoms with Crippen molar-refractivity contribution in [3.63, 3.8) is 0 Å². The van der Waals surface area contributed by atoms with Gasteiger partial charge in [0, 0.05) is 13.1 Å². The average Bonchev–Trinajstić information content (AvgIpc) is 1.91. The molecular formula is C6H13ClN2. The highest BCUT2D eigenvalue weighted by Gasteiger charge is 2.07. The minimum absolute atomic E-state index is 0.542. The molecule has 0 unspecified atom stereocenters. The third kappa shape index (κ3) is 2.52. The second-order valence-electron chi connectivity index (χ2n) is 2.34. The lowest BCUT2D eigenvalue weighted by Crippen LogP contribution is -2.40. The monoisotopic (exact) mass is 148 g/mol. The van der Waals surface area contributed by atoms with Crippen LogP contribution in [0.3, 0.4) is 0 Å². The van der Waals surface area contributed by atoms with Crippen LogP contribution >= 0.6 is 11.6 Å². The molecule has 0 atom stereocenters. The second-order valence-corrected chi connectivity index (χ2v) is 2.61. The van der Waals surface area contributed by atoms with Crippen molar-refractivity contribution in [3.8, 4) is 0 Å². The van der Waals surface area contributed by atoms with Gasteiger partial charge in [0.25, 0.3) is 0 Å². The molecule has 1 fully saturated rings. The summed E-state index contributed by atoms with van der Waals surface area (Å²) in [5.41, 5.74) is 3.08. The van der Waals surface area contributed by atoms with E-state index in [4.69, 9.17) is 11.6 Å². The molecule has 3 heteroatoms. The van der Waals surface area contributed by atoms with Crippen molar-refractivity contribution in [2.24, 2.45) is 0 Å². The van der Waals surface area contributed by atoms with Gasteiger partial charge in [-0.2, -0.15) is 0 Å². The summed E-state index contributed by atoms with van der Waals surface area (Å²) in [6.07, 6.45) is 3.99. The average molecular weight is 149 g/mol. The topological polar surface area (TPSA) is 15.3 Å². The van der Waals surface area contributed by atoms with Gasteiger partial charge in [0.15, 0.2) is 0 Å². The summed E-state index contributed by atoms with van der Waals surface area (Å²) < 4.78 is 0. The summed E-state index contributed by atoms with van der Waals surface area (Å²) in [7, 11) is 0. The SMILES string of the molecule is ClCNN1CCCCC1. The van der Waals surface area contributed by atoms with E-state index in [1.165, 1.54) is 19.3 Å². The fourth-order valence-corrected chi connectivity index (χ4v) is 1.31. The Hall–Kier alpha value is 0.210. The van der Waals surface area contributed by atoms with E-state index in [-0.39, 0.29) is 0 Å². The van der Waals surface area contributed by atoms with Crippen LogP contribution in [-0.4, -0.2) is 24.1 Å². The van der Waals surface area contributed by atoms with Crippen LogP contribution in [0.5, 0.6) is 0 Å². The predicted octanol–water partition coefficient (Wildman–Crippen LogP) is 1.17. The van der Waals surface area contributed by atoms with Crippen LogP contribution in [0.1, 0.15) is 19.3 Å². The molecule has 0 radical (unpaired) electrons. The van der Waals surface area contributed by atoms with Gasteiger partial charge in [-0.25, -0.2) is 10.4 Å². The largest absolute Gasteiger partial charge is 0.243 e. The summed E-state index contributed by atoms with van der Waals surface area (Å²) in [5, 5.41) is 2.19. The van der Waals surface area contributed by atoms with E-state index in [2.05, 4.69) is 10.4 Å². The molecule has 1 aliphatic rings. The second kappa shape index (κ2) is 4.09. The number of halogens is 1. The molecular weight excluding hydrogens is 136 g/mol. The van der Waals surface area contributed by atoms with Crippen LogP contribution < -0.4 is 5.43 Å². The fourth-order valence-electron chi connectivity index (χ4n) is 1.14. The molecule has 1 aliphatic heterocycles. The number of piperidine rings is 1. The summed E-state index contributed by atoms with van der Waals surface area (Å²) in [6.45, 7) is 2.32. The maximum Gasteiger partial charge on any atom is 0.0846 e. The van der Waals surface area contributed by atoms with Gasteiger partial charge < -0.3 is 0 Å². The van der Waals surface area contributed by atoms with Crippen LogP contribution in [-0.2, 0) is 0 Å². The van der Waals surface area contributed by atoms with Gasteiger partial charge in [-0.1, -0.05) is 6.42 Å². The molecule has 0 saturated carbocycles. The van der Waals surface area contributed by atoms with Gasteiger partial charge in [0.1, 0.15) is 0 Å². The maximum absolute atomic E-state index is 5.48. The van der Waals surface area contributed by atoms with Gasteiger partial charge in [-0.15, -0.1) is 11.6 Å². The normalized spacial score (nSPS) is 22.3. The Balaban J connectivity index is 2.08. The maximum atomic E-state index is 5.48. The standard InChI is InChI=1S/C6H13ClN2/c7-6-8-9-4-2-1-3-5-9/h8H,1-6H2. The number of nitrogens with one attached hydrogen (secondary N) is 1. The van der Waals surface area contributed by atoms with E-state index in [1.807, 2.05) is 0 Å². The van der Waals surface area contributed by atoms with Crippen molar-refractivity contribution >= 4 is 11.6 Å². The summed E-state index contributed by atoms with van der Waals surface area (Å²) in [4.78, 5) is 0. The molecule has 1 heterocycles. The third-order valence-corrected chi connectivity index (χ3v) is 1.76. The zero-order chi connectivity index (χ0) is 6.53. The number of hydrazine groups is 1. The third-order valence-electron chi connectivity index (χ3n) is 1.64. The van der Waals surface area contributed by atoms with Crippen molar-refractivity contribution < 1.29 is 0 Å². The Morgan fingerprint density at radius 1 is 1.22 bits per heavy atom. The summed E-state index contributed by atoms with van der Waals surface area (Å²) in [5.74, 6) is 0. The molecule has 9 heavy (non-hydrogen) atoms. The Bertz CT molecular complexity index is 68.7. The van der Waals surface area contributed by atoms with Crippen molar-refractivity contribution in [2.45, 2.75) is 19.3 Å². The molecule has 0 aromatic heterocycles. The summed E-state index contributed by atoms with van der Waals surface area (Å²) >= 11 is 5.48. The van der Waals surface area contributed by atoms with Gasteiger partial charge in [-0.3, -0.25) is 0 Å². The fraction of sp³-hybridized carbons (Fsp3) is 1.00.